The Morgan fingerprint density at radius 3 is 0.538 bits per heavy atom. The minimum Gasteiger partial charge on any atom is -0.494 e. The molecule has 0 spiro atoms. The Bertz CT molecular complexity index is 3890. The van der Waals surface area contributed by atoms with Crippen LogP contribution in [0.5, 0.6) is 34.5 Å². The van der Waals surface area contributed by atoms with Crippen molar-refractivity contribution in [2.45, 2.75) is 423 Å². The molecule has 0 aromatic heterocycles. The van der Waals surface area contributed by atoms with Crippen LogP contribution in [0.1, 0.15) is 450 Å². The molecule has 6 aromatic rings. The smallest absolute Gasteiger partial charge is 0.339 e. The van der Waals surface area contributed by atoms with Crippen LogP contribution in [0.15, 0.2) is 146 Å². The number of carbonyl (C=O) groups excluding carboxylic acids is 6. The molecule has 1 fully saturated rings. The van der Waals surface area contributed by atoms with Crippen molar-refractivity contribution in [3.05, 3.63) is 179 Å². The molecular weight excluding hydrogens is 1660 g/mol. The number of hydrogen-bond donors (Lipinski definition) is 3. The number of aliphatic hydroxyl groups excluding tert-OH is 3. The standard InChI is InChI=1S/C114H168O18/c1-7-13-19-25-31-37-43-49-55-85-124-97-73-61-91(62-74-97)104(116)112(130-109(121)94-67-79-100(80-68-94)127-88-58-52-46-40-34-28-22-16-10-4)107(119)103(115)108(120)113(105(117)92-63-75-98(76-64-92)125-86-56-50-44-38-32-26-20-14-8-2,131-110(122)95-69-81-101(82-70-95)128-89-59-53-47-41-35-29-23-17-11-5)114(112,106(118)93-65-77-99(78-66-93)126-87-57-51-45-39-33-27-21-15-9-3)132-111(123)96-71-83-102(84-72-96)129-90-60-54-48-42-36-30-24-18-12-6/h61-84,103,107-108,115,119-120H,7-60,85-90H2,1-6H3/t103-,107-,108+,112+,113-,114-. The van der Waals surface area contributed by atoms with Gasteiger partial charge in [0, 0.05) is 16.7 Å². The molecule has 6 aromatic carbocycles. The highest BCUT2D eigenvalue weighted by atomic mass is 16.7. The second-order valence-electron chi connectivity index (χ2n) is 36.9. The van der Waals surface area contributed by atoms with Gasteiger partial charge in [-0.1, -0.05) is 350 Å². The number of hydrogen-bond acceptors (Lipinski definition) is 18. The molecule has 132 heavy (non-hydrogen) atoms. The number of ketones is 3. The molecular formula is C114H168O18. The lowest BCUT2D eigenvalue weighted by atomic mass is 9.52. The second-order valence-corrected chi connectivity index (χ2v) is 36.9. The van der Waals surface area contributed by atoms with E-state index in [1.165, 1.54) is 313 Å². The van der Waals surface area contributed by atoms with Gasteiger partial charge in [-0.3, -0.25) is 14.4 Å². The molecule has 1 saturated carbocycles. The van der Waals surface area contributed by atoms with Crippen molar-refractivity contribution in [1.82, 2.24) is 0 Å². The predicted molar refractivity (Wildman–Crippen MR) is 530 cm³/mol. The summed E-state index contributed by atoms with van der Waals surface area (Å²) in [5, 5.41) is 41.6. The first kappa shape index (κ1) is 110. The molecule has 0 heterocycles. The summed E-state index contributed by atoms with van der Waals surface area (Å²) in [6.45, 7) is 15.2. The molecule has 18 heteroatoms. The van der Waals surface area contributed by atoms with Crippen molar-refractivity contribution < 1.29 is 86.7 Å². The van der Waals surface area contributed by atoms with Crippen LogP contribution in [-0.4, -0.2) is 125 Å². The zero-order valence-corrected chi connectivity index (χ0v) is 82.0. The maximum Gasteiger partial charge on any atom is 0.339 e. The van der Waals surface area contributed by atoms with Crippen LogP contribution in [0.4, 0.5) is 0 Å². The van der Waals surface area contributed by atoms with Crippen molar-refractivity contribution >= 4 is 35.3 Å². The highest BCUT2D eigenvalue weighted by molar-refractivity contribution is 6.21. The normalized spacial score (nSPS) is 17.0. The number of rotatable bonds is 78. The van der Waals surface area contributed by atoms with Crippen molar-refractivity contribution in [2.24, 2.45) is 0 Å². The van der Waals surface area contributed by atoms with E-state index in [1.807, 2.05) is 0 Å². The third-order valence-corrected chi connectivity index (χ3v) is 26.0. The fourth-order valence-corrected chi connectivity index (χ4v) is 17.9. The van der Waals surface area contributed by atoms with E-state index in [9.17, 15) is 15.3 Å². The summed E-state index contributed by atoms with van der Waals surface area (Å²) >= 11 is 0. The van der Waals surface area contributed by atoms with Crippen LogP contribution in [0.3, 0.4) is 0 Å². The van der Waals surface area contributed by atoms with Crippen LogP contribution >= 0.6 is 0 Å². The lowest BCUT2D eigenvalue weighted by molar-refractivity contribution is -0.293. The first-order valence-corrected chi connectivity index (χ1v) is 52.3. The van der Waals surface area contributed by atoms with E-state index in [2.05, 4.69) is 41.5 Å². The van der Waals surface area contributed by atoms with Gasteiger partial charge in [-0.05, 0) is 184 Å². The fraction of sp³-hybridized carbons (Fsp3) is 0.632. The van der Waals surface area contributed by atoms with Crippen molar-refractivity contribution in [3.8, 4) is 34.5 Å². The topological polar surface area (TPSA) is 246 Å². The Morgan fingerprint density at radius 2 is 0.356 bits per heavy atom. The van der Waals surface area contributed by atoms with Gasteiger partial charge in [0.05, 0.1) is 56.3 Å². The minimum absolute atomic E-state index is 0.278. The number of esters is 3. The van der Waals surface area contributed by atoms with Gasteiger partial charge in [-0.25, -0.2) is 14.4 Å². The summed E-state index contributed by atoms with van der Waals surface area (Å²) < 4.78 is 58.6. The van der Waals surface area contributed by atoms with Gasteiger partial charge in [-0.15, -0.1) is 0 Å². The summed E-state index contributed by atoms with van der Waals surface area (Å²) in [6.07, 6.45) is 49.4. The van der Waals surface area contributed by atoms with Crippen molar-refractivity contribution in [3.63, 3.8) is 0 Å². The Hall–Kier alpha value is -8.58. The predicted octanol–water partition coefficient (Wildman–Crippen LogP) is 29.0. The fourth-order valence-electron chi connectivity index (χ4n) is 17.9. The van der Waals surface area contributed by atoms with Gasteiger partial charge in [0.25, 0.3) is 16.8 Å². The molecule has 0 amide bonds. The Kier molecular flexibility index (Phi) is 55.2. The van der Waals surface area contributed by atoms with Gasteiger partial charge in [-0.2, -0.15) is 0 Å². The van der Waals surface area contributed by atoms with Gasteiger partial charge >= 0.3 is 17.9 Å². The molecule has 732 valence electrons. The second kappa shape index (κ2) is 66.0. The third-order valence-electron chi connectivity index (χ3n) is 26.0. The molecule has 1 aliphatic rings. The average Bonchev–Trinajstić information content (AvgIpc) is 0.656. The van der Waals surface area contributed by atoms with E-state index in [4.69, 9.17) is 42.6 Å². The molecule has 0 saturated heterocycles. The molecule has 18 nitrogen and oxygen atoms in total. The quantitative estimate of drug-likeness (QED) is 0.0139. The van der Waals surface area contributed by atoms with Crippen LogP contribution in [-0.2, 0) is 14.2 Å². The number of Topliss-reactive ketones (excluding diaryl/α,β-unsaturated/α-hetero) is 3. The highest BCUT2D eigenvalue weighted by Crippen LogP contribution is 2.57. The molecule has 0 unspecified atom stereocenters. The average molecular weight is 1830 g/mol. The van der Waals surface area contributed by atoms with Crippen LogP contribution < -0.4 is 28.4 Å². The summed E-state index contributed by atoms with van der Waals surface area (Å²) in [4.78, 5) is 103. The molecule has 6 atom stereocenters. The first-order valence-electron chi connectivity index (χ1n) is 52.3. The molecule has 3 N–H and O–H groups in total. The summed E-state index contributed by atoms with van der Waals surface area (Å²) in [5.41, 5.74) is -14.7. The van der Waals surface area contributed by atoms with E-state index >= 15 is 28.8 Å². The van der Waals surface area contributed by atoms with Crippen LogP contribution in [0, 0.1) is 0 Å². The van der Waals surface area contributed by atoms with E-state index in [0.717, 1.165) is 161 Å². The van der Waals surface area contributed by atoms with Crippen LogP contribution in [0.25, 0.3) is 0 Å². The molecule has 0 radical (unpaired) electrons. The SMILES string of the molecule is CCCCCCCCCCCOc1ccc(C(=O)O[C@@]2(C(=O)c3ccc(OCCCCCCCCCCC)cc3)[C@@](OC(=O)c3ccc(OCCCCCCCCCCC)cc3)(C(=O)c3ccc(OCCCCCCCCCCC)cc3)[C@@H](O)[C@H](O)[C@@H](O)[C@@]2(OC(=O)c2ccc(OCCCCCCCCCCC)cc2)C(=O)c2ccc(OCCCCCCCCCCC)cc2)cc1. The van der Waals surface area contributed by atoms with Crippen molar-refractivity contribution in [2.75, 3.05) is 39.6 Å². The Labute approximate surface area is 794 Å². The number of ether oxygens (including phenoxy) is 9. The van der Waals surface area contributed by atoms with Gasteiger partial charge in [0.2, 0.25) is 17.3 Å². The number of carbonyl (C=O) groups is 6. The minimum atomic E-state index is -4.22. The molecule has 1 aliphatic carbocycles. The van der Waals surface area contributed by atoms with Gasteiger partial charge in [0.15, 0.2) is 0 Å². The maximum absolute atomic E-state index is 18.1. The Morgan fingerprint density at radius 1 is 0.205 bits per heavy atom. The lowest BCUT2D eigenvalue weighted by Crippen LogP contribution is -2.91. The van der Waals surface area contributed by atoms with Crippen LogP contribution in [0.2, 0.25) is 0 Å². The van der Waals surface area contributed by atoms with Crippen molar-refractivity contribution in [1.29, 1.82) is 0 Å². The lowest BCUT2D eigenvalue weighted by Gasteiger charge is -2.60. The zero-order chi connectivity index (χ0) is 94.4. The molecule has 7 rings (SSSR count). The summed E-state index contributed by atoms with van der Waals surface area (Å²) in [6, 6.07) is 33.6. The first-order chi connectivity index (χ1) is 64.6. The monoisotopic (exact) mass is 1830 g/mol. The third kappa shape index (κ3) is 36.9. The van der Waals surface area contributed by atoms with Gasteiger partial charge < -0.3 is 58.0 Å². The Balaban J connectivity index is 1.46. The summed E-state index contributed by atoms with van der Waals surface area (Å²) in [7, 11) is 0. The highest BCUT2D eigenvalue weighted by Gasteiger charge is 2.88. The van der Waals surface area contributed by atoms with Gasteiger partial charge in [0.1, 0.15) is 52.8 Å². The zero-order valence-electron chi connectivity index (χ0n) is 82.0. The largest absolute Gasteiger partial charge is 0.494 e. The number of aliphatic hydroxyl groups is 3. The van der Waals surface area contributed by atoms with E-state index in [1.54, 1.807) is 0 Å². The molecule has 0 aliphatic heterocycles. The van der Waals surface area contributed by atoms with E-state index < -0.39 is 87.1 Å². The summed E-state index contributed by atoms with van der Waals surface area (Å²) in [5.74, 6) is -7.24. The maximum atomic E-state index is 18.1. The molecule has 0 bridgehead atoms. The van der Waals surface area contributed by atoms with E-state index in [-0.39, 0.29) is 29.0 Å². The number of unbranched alkanes of at least 4 members (excludes halogenated alkanes) is 48. The number of benzene rings is 6. The van der Waals surface area contributed by atoms with E-state index in [0.29, 0.717) is 81.0 Å².